The highest BCUT2D eigenvalue weighted by atomic mass is 16.5. The fourth-order valence-corrected chi connectivity index (χ4v) is 1.33. The van der Waals surface area contributed by atoms with Crippen molar-refractivity contribution in [3.63, 3.8) is 0 Å². The van der Waals surface area contributed by atoms with Crippen LogP contribution in [0.2, 0.25) is 0 Å². The lowest BCUT2D eigenvalue weighted by Crippen LogP contribution is -2.02. The summed E-state index contributed by atoms with van der Waals surface area (Å²) in [4.78, 5) is 8.11. The predicted octanol–water partition coefficient (Wildman–Crippen LogP) is 1.65. The van der Waals surface area contributed by atoms with Crippen molar-refractivity contribution in [3.8, 4) is 11.5 Å². The summed E-state index contributed by atoms with van der Waals surface area (Å²) in [6.07, 6.45) is 3.34. The lowest BCUT2D eigenvalue weighted by molar-refractivity contribution is 0.297. The lowest BCUT2D eigenvalue weighted by atomic mass is 10.3. The van der Waals surface area contributed by atoms with Crippen molar-refractivity contribution in [2.24, 2.45) is 0 Å². The van der Waals surface area contributed by atoms with Gasteiger partial charge < -0.3 is 15.2 Å². The number of nitrogen functional groups attached to an aromatic ring is 1. The molecule has 2 rings (SSSR count). The third-order valence-corrected chi connectivity index (χ3v) is 2.19. The van der Waals surface area contributed by atoms with Gasteiger partial charge in [-0.05, 0) is 18.2 Å². The van der Waals surface area contributed by atoms with Crippen LogP contribution < -0.4 is 15.2 Å². The minimum Gasteiger partial charge on any atom is -0.497 e. The van der Waals surface area contributed by atoms with Crippen LogP contribution in [0.1, 0.15) is 5.82 Å². The van der Waals surface area contributed by atoms with Crippen molar-refractivity contribution >= 4 is 5.69 Å². The molecule has 1 aromatic carbocycles. The third kappa shape index (κ3) is 2.84. The first-order valence-electron chi connectivity index (χ1n) is 5.12. The number of rotatable bonds is 4. The van der Waals surface area contributed by atoms with Crippen molar-refractivity contribution < 1.29 is 9.47 Å². The summed E-state index contributed by atoms with van der Waals surface area (Å²) in [7, 11) is 1.59. The first kappa shape index (κ1) is 11.2. The van der Waals surface area contributed by atoms with E-state index in [1.807, 2.05) is 0 Å². The van der Waals surface area contributed by atoms with Crippen LogP contribution in [0.25, 0.3) is 0 Å². The van der Waals surface area contributed by atoms with Gasteiger partial charge in [-0.15, -0.1) is 0 Å². The Kier molecular flexibility index (Phi) is 3.40. The maximum atomic E-state index is 5.82. The van der Waals surface area contributed by atoms with Crippen LogP contribution in [0, 0.1) is 0 Å². The van der Waals surface area contributed by atoms with Crippen molar-refractivity contribution in [2.45, 2.75) is 6.61 Å². The standard InChI is InChI=1S/C12H13N3O2/c1-16-9-3-4-11(10(13)7-9)17-8-12-14-5-2-6-15-12/h2-7H,8,13H2,1H3. The molecule has 5 heteroatoms. The minimum atomic E-state index is 0.289. The number of aromatic nitrogens is 2. The molecule has 0 aliphatic rings. The number of hydrogen-bond donors (Lipinski definition) is 1. The fraction of sp³-hybridized carbons (Fsp3) is 0.167. The van der Waals surface area contributed by atoms with Gasteiger partial charge in [0.15, 0.2) is 5.82 Å². The van der Waals surface area contributed by atoms with E-state index in [4.69, 9.17) is 15.2 Å². The van der Waals surface area contributed by atoms with Crippen LogP contribution in [-0.2, 0) is 6.61 Å². The van der Waals surface area contributed by atoms with E-state index in [0.717, 1.165) is 0 Å². The normalized spacial score (nSPS) is 9.94. The number of methoxy groups -OCH3 is 1. The number of hydrogen-bond acceptors (Lipinski definition) is 5. The largest absolute Gasteiger partial charge is 0.497 e. The van der Waals surface area contributed by atoms with Crippen LogP contribution in [0.15, 0.2) is 36.7 Å². The second-order valence-electron chi connectivity index (χ2n) is 3.36. The van der Waals surface area contributed by atoms with Crippen molar-refractivity contribution in [3.05, 3.63) is 42.5 Å². The smallest absolute Gasteiger partial charge is 0.166 e. The maximum Gasteiger partial charge on any atom is 0.166 e. The zero-order chi connectivity index (χ0) is 12.1. The Morgan fingerprint density at radius 3 is 2.65 bits per heavy atom. The second kappa shape index (κ2) is 5.16. The Balaban J connectivity index is 2.04. The summed E-state index contributed by atoms with van der Waals surface area (Å²) >= 11 is 0. The minimum absolute atomic E-state index is 0.289. The van der Waals surface area contributed by atoms with E-state index in [9.17, 15) is 0 Å². The average molecular weight is 231 g/mol. The molecule has 2 aromatic rings. The number of anilines is 1. The molecule has 0 aliphatic carbocycles. The van der Waals surface area contributed by atoms with Gasteiger partial charge in [-0.3, -0.25) is 0 Å². The van der Waals surface area contributed by atoms with Gasteiger partial charge in [0.2, 0.25) is 0 Å². The summed E-state index contributed by atoms with van der Waals surface area (Å²) in [6.45, 7) is 0.289. The van der Waals surface area contributed by atoms with Crippen LogP contribution in [0.5, 0.6) is 11.5 Å². The van der Waals surface area contributed by atoms with Gasteiger partial charge in [-0.2, -0.15) is 0 Å². The van der Waals surface area contributed by atoms with E-state index in [0.29, 0.717) is 23.0 Å². The van der Waals surface area contributed by atoms with Gasteiger partial charge in [0, 0.05) is 18.5 Å². The topological polar surface area (TPSA) is 70.3 Å². The molecule has 0 saturated heterocycles. The van der Waals surface area contributed by atoms with Gasteiger partial charge in [0.25, 0.3) is 0 Å². The van der Waals surface area contributed by atoms with Gasteiger partial charge in [-0.1, -0.05) is 0 Å². The number of nitrogens with zero attached hydrogens (tertiary/aromatic N) is 2. The quantitative estimate of drug-likeness (QED) is 0.810. The molecule has 0 spiro atoms. The molecule has 0 unspecified atom stereocenters. The van der Waals surface area contributed by atoms with Gasteiger partial charge in [0.05, 0.1) is 12.8 Å². The first-order valence-corrected chi connectivity index (χ1v) is 5.12. The molecule has 0 radical (unpaired) electrons. The summed E-state index contributed by atoms with van der Waals surface area (Å²) < 4.78 is 10.6. The monoisotopic (exact) mass is 231 g/mol. The van der Waals surface area contributed by atoms with E-state index in [1.54, 1.807) is 43.8 Å². The lowest BCUT2D eigenvalue weighted by Gasteiger charge is -2.09. The predicted molar refractivity (Wildman–Crippen MR) is 63.8 cm³/mol. The summed E-state index contributed by atoms with van der Waals surface area (Å²) in [6, 6.07) is 7.01. The molecule has 17 heavy (non-hydrogen) atoms. The second-order valence-corrected chi connectivity index (χ2v) is 3.36. The van der Waals surface area contributed by atoms with Crippen LogP contribution >= 0.6 is 0 Å². The summed E-state index contributed by atoms with van der Waals surface area (Å²) in [5.74, 6) is 1.91. The Hall–Kier alpha value is -2.30. The van der Waals surface area contributed by atoms with Gasteiger partial charge in [-0.25, -0.2) is 9.97 Å². The zero-order valence-electron chi connectivity index (χ0n) is 9.46. The number of ether oxygens (including phenoxy) is 2. The molecule has 0 atom stereocenters. The van der Waals surface area contributed by atoms with E-state index >= 15 is 0 Å². The highest BCUT2D eigenvalue weighted by Crippen LogP contribution is 2.26. The highest BCUT2D eigenvalue weighted by molar-refractivity contribution is 5.56. The van der Waals surface area contributed by atoms with Crippen LogP contribution in [-0.4, -0.2) is 17.1 Å². The van der Waals surface area contributed by atoms with Gasteiger partial charge in [0.1, 0.15) is 18.1 Å². The fourth-order valence-electron chi connectivity index (χ4n) is 1.33. The Bertz CT molecular complexity index is 488. The molecule has 1 aromatic heterocycles. The van der Waals surface area contributed by atoms with E-state index < -0.39 is 0 Å². The number of nitrogens with two attached hydrogens (primary N) is 1. The van der Waals surface area contributed by atoms with E-state index in [1.165, 1.54) is 0 Å². The molecule has 5 nitrogen and oxygen atoms in total. The summed E-state index contributed by atoms with van der Waals surface area (Å²) in [5.41, 5.74) is 6.34. The molecule has 0 bridgehead atoms. The molecule has 88 valence electrons. The SMILES string of the molecule is COc1ccc(OCc2ncccn2)c(N)c1. The summed E-state index contributed by atoms with van der Waals surface area (Å²) in [5, 5.41) is 0. The molecule has 0 saturated carbocycles. The van der Waals surface area contributed by atoms with Crippen molar-refractivity contribution in [1.82, 2.24) is 9.97 Å². The molecule has 0 amide bonds. The first-order chi connectivity index (χ1) is 8.29. The average Bonchev–Trinajstić information content (AvgIpc) is 2.38. The molecular weight excluding hydrogens is 218 g/mol. The van der Waals surface area contributed by atoms with E-state index in [2.05, 4.69) is 9.97 Å². The molecule has 0 fully saturated rings. The molecular formula is C12H13N3O2. The van der Waals surface area contributed by atoms with Crippen molar-refractivity contribution in [2.75, 3.05) is 12.8 Å². The maximum absolute atomic E-state index is 5.82. The Labute approximate surface area is 99.2 Å². The van der Waals surface area contributed by atoms with Crippen molar-refractivity contribution in [1.29, 1.82) is 0 Å². The molecule has 1 heterocycles. The van der Waals surface area contributed by atoms with E-state index in [-0.39, 0.29) is 6.61 Å². The van der Waals surface area contributed by atoms with Crippen LogP contribution in [0.4, 0.5) is 5.69 Å². The van der Waals surface area contributed by atoms with Crippen LogP contribution in [0.3, 0.4) is 0 Å². The molecule has 0 aliphatic heterocycles. The Morgan fingerprint density at radius 2 is 2.00 bits per heavy atom. The Morgan fingerprint density at radius 1 is 1.24 bits per heavy atom. The van der Waals surface area contributed by atoms with Gasteiger partial charge >= 0.3 is 0 Å². The third-order valence-electron chi connectivity index (χ3n) is 2.19. The highest BCUT2D eigenvalue weighted by Gasteiger charge is 2.03. The molecule has 2 N–H and O–H groups in total. The zero-order valence-corrected chi connectivity index (χ0v) is 9.46. The number of benzene rings is 1.